The van der Waals surface area contributed by atoms with Crippen molar-refractivity contribution in [3.8, 4) is 6.07 Å². The minimum absolute atomic E-state index is 0.146. The summed E-state index contributed by atoms with van der Waals surface area (Å²) in [7, 11) is 0. The zero-order valence-corrected chi connectivity index (χ0v) is 18.9. The summed E-state index contributed by atoms with van der Waals surface area (Å²) in [5.41, 5.74) is 5.29. The zero-order chi connectivity index (χ0) is 22.4. The Morgan fingerprint density at radius 3 is 3.00 bits per heavy atom. The van der Waals surface area contributed by atoms with E-state index in [-0.39, 0.29) is 12.2 Å². The molecule has 3 aromatic rings. The highest BCUT2D eigenvalue weighted by atomic mass is 16.5. The molecule has 2 aromatic heterocycles. The van der Waals surface area contributed by atoms with E-state index in [1.807, 2.05) is 18.3 Å². The van der Waals surface area contributed by atoms with Gasteiger partial charge in [0.15, 0.2) is 0 Å². The zero-order valence-electron chi connectivity index (χ0n) is 18.9. The molecule has 0 saturated carbocycles. The molecule has 0 aliphatic carbocycles. The van der Waals surface area contributed by atoms with Crippen LogP contribution in [0.25, 0.3) is 10.9 Å². The van der Waals surface area contributed by atoms with Gasteiger partial charge < -0.3 is 15.0 Å². The second kappa shape index (κ2) is 8.41. The fourth-order valence-electron chi connectivity index (χ4n) is 5.59. The van der Waals surface area contributed by atoms with Crippen molar-refractivity contribution in [2.24, 2.45) is 0 Å². The predicted octanol–water partition coefficient (Wildman–Crippen LogP) is 2.10. The molecular formula is C25H29N7O. The number of benzene rings is 1. The molecule has 0 radical (unpaired) electrons. The summed E-state index contributed by atoms with van der Waals surface area (Å²) in [4.78, 5) is 9.36. The second-order valence-electron chi connectivity index (χ2n) is 9.48. The first-order valence-electron chi connectivity index (χ1n) is 11.9. The molecule has 5 heterocycles. The van der Waals surface area contributed by atoms with Gasteiger partial charge in [0.05, 0.1) is 35.5 Å². The van der Waals surface area contributed by atoms with E-state index in [1.165, 1.54) is 11.3 Å². The summed E-state index contributed by atoms with van der Waals surface area (Å²) in [6.45, 7) is 8.78. The van der Waals surface area contributed by atoms with Gasteiger partial charge in [0.2, 0.25) is 0 Å². The number of likely N-dealkylation sites (tertiary alicyclic amines) is 1. The minimum atomic E-state index is 0.146. The fraction of sp³-hybridized carbons (Fsp3) is 0.480. The third kappa shape index (κ3) is 3.76. The van der Waals surface area contributed by atoms with Gasteiger partial charge in [-0.2, -0.15) is 10.4 Å². The molecule has 6 rings (SSSR count). The van der Waals surface area contributed by atoms with Gasteiger partial charge in [0.1, 0.15) is 6.07 Å². The van der Waals surface area contributed by atoms with Crippen LogP contribution in [-0.4, -0.2) is 71.1 Å². The lowest BCUT2D eigenvalue weighted by molar-refractivity contribution is -0.0491. The highest BCUT2D eigenvalue weighted by Crippen LogP contribution is 2.31. The summed E-state index contributed by atoms with van der Waals surface area (Å²) in [5, 5.41) is 18.6. The number of fused-ring (bicyclic) bond motifs is 2. The first-order valence-corrected chi connectivity index (χ1v) is 11.9. The van der Waals surface area contributed by atoms with E-state index in [1.54, 1.807) is 6.20 Å². The molecule has 1 aromatic carbocycles. The quantitative estimate of drug-likeness (QED) is 0.661. The first-order chi connectivity index (χ1) is 16.2. The number of rotatable bonds is 4. The third-order valence-electron chi connectivity index (χ3n) is 7.12. The van der Waals surface area contributed by atoms with Crippen LogP contribution in [-0.2, 0) is 17.7 Å². The van der Waals surface area contributed by atoms with E-state index >= 15 is 0 Å². The molecule has 0 bridgehead atoms. The number of hydrogen-bond donors (Lipinski definition) is 1. The second-order valence-corrected chi connectivity index (χ2v) is 9.48. The number of hydrogen-bond acceptors (Lipinski definition) is 7. The number of aromatic nitrogens is 3. The lowest BCUT2D eigenvalue weighted by Crippen LogP contribution is -2.56. The van der Waals surface area contributed by atoms with Gasteiger partial charge in [-0.3, -0.25) is 14.6 Å². The molecule has 0 unspecified atom stereocenters. The molecule has 3 aliphatic heterocycles. The molecule has 3 aliphatic rings. The van der Waals surface area contributed by atoms with Crippen LogP contribution in [0.15, 0.2) is 36.7 Å². The maximum Gasteiger partial charge on any atom is 0.101 e. The molecule has 2 saturated heterocycles. The summed E-state index contributed by atoms with van der Waals surface area (Å²) >= 11 is 0. The number of nitrogens with zero attached hydrogens (tertiary/aromatic N) is 6. The lowest BCUT2D eigenvalue weighted by atomic mass is 10.0. The van der Waals surface area contributed by atoms with Gasteiger partial charge in [-0.15, -0.1) is 0 Å². The maximum atomic E-state index is 9.47. The minimum Gasteiger partial charge on any atom is -0.370 e. The van der Waals surface area contributed by atoms with E-state index < -0.39 is 0 Å². The van der Waals surface area contributed by atoms with E-state index in [9.17, 15) is 5.26 Å². The fourth-order valence-corrected chi connectivity index (χ4v) is 5.59. The largest absolute Gasteiger partial charge is 0.370 e. The molecule has 0 amide bonds. The van der Waals surface area contributed by atoms with Gasteiger partial charge in [-0.1, -0.05) is 0 Å². The van der Waals surface area contributed by atoms with E-state index in [0.717, 1.165) is 68.8 Å². The summed E-state index contributed by atoms with van der Waals surface area (Å²) in [6.07, 6.45) is 5.15. The highest BCUT2D eigenvalue weighted by molar-refractivity contribution is 5.95. The lowest BCUT2D eigenvalue weighted by Gasteiger charge is -2.45. The van der Waals surface area contributed by atoms with E-state index in [4.69, 9.17) is 4.74 Å². The van der Waals surface area contributed by atoms with Crippen molar-refractivity contribution >= 4 is 16.6 Å². The normalized spacial score (nSPS) is 23.8. The Labute approximate surface area is 193 Å². The molecule has 0 spiro atoms. The predicted molar refractivity (Wildman–Crippen MR) is 126 cm³/mol. The van der Waals surface area contributed by atoms with Gasteiger partial charge in [-0.25, -0.2) is 0 Å². The molecule has 8 nitrogen and oxygen atoms in total. The highest BCUT2D eigenvalue weighted by Gasteiger charge is 2.35. The van der Waals surface area contributed by atoms with Crippen molar-refractivity contribution in [2.75, 3.05) is 44.2 Å². The van der Waals surface area contributed by atoms with Crippen LogP contribution in [0, 0.1) is 11.3 Å². The molecular weight excluding hydrogens is 414 g/mol. The van der Waals surface area contributed by atoms with Crippen LogP contribution in [0.3, 0.4) is 0 Å². The Balaban J connectivity index is 1.14. The number of pyridine rings is 1. The van der Waals surface area contributed by atoms with Crippen LogP contribution >= 0.6 is 0 Å². The average molecular weight is 444 g/mol. The van der Waals surface area contributed by atoms with Crippen LogP contribution in [0.2, 0.25) is 0 Å². The average Bonchev–Trinajstić information content (AvgIpc) is 3.23. The van der Waals surface area contributed by atoms with Gasteiger partial charge >= 0.3 is 0 Å². The van der Waals surface area contributed by atoms with Crippen molar-refractivity contribution in [1.82, 2.24) is 25.0 Å². The number of anilines is 1. The number of ether oxygens (including phenoxy) is 1. The Hall–Kier alpha value is -2.99. The number of nitriles is 1. The van der Waals surface area contributed by atoms with Crippen LogP contribution in [0.5, 0.6) is 0 Å². The molecule has 170 valence electrons. The summed E-state index contributed by atoms with van der Waals surface area (Å²) in [6, 6.07) is 10.7. The monoisotopic (exact) mass is 443 g/mol. The number of morpholine rings is 1. The molecule has 2 fully saturated rings. The van der Waals surface area contributed by atoms with E-state index in [2.05, 4.69) is 55.0 Å². The molecule has 2 atom stereocenters. The van der Waals surface area contributed by atoms with Crippen molar-refractivity contribution in [3.05, 3.63) is 53.5 Å². The van der Waals surface area contributed by atoms with Gasteiger partial charge in [-0.05, 0) is 31.2 Å². The van der Waals surface area contributed by atoms with Gasteiger partial charge in [0, 0.05) is 80.8 Å². The third-order valence-corrected chi connectivity index (χ3v) is 7.12. The maximum absolute atomic E-state index is 9.47. The van der Waals surface area contributed by atoms with Crippen LogP contribution in [0.1, 0.15) is 29.8 Å². The van der Waals surface area contributed by atoms with Crippen molar-refractivity contribution in [2.45, 2.75) is 38.1 Å². The molecule has 8 heteroatoms. The van der Waals surface area contributed by atoms with Crippen LogP contribution in [0.4, 0.5) is 5.69 Å². The summed E-state index contributed by atoms with van der Waals surface area (Å²) in [5.74, 6) is 0. The van der Waals surface area contributed by atoms with Crippen molar-refractivity contribution in [1.29, 1.82) is 5.26 Å². The standard InChI is InChI=1S/C25H29N7O/c1-17-12-31(24-5-4-18(9-26)25-22(24)3-2-7-28-25)16-21(33-17)15-30-13-20(14-30)32-23-6-8-27-10-19(23)11-29-32/h2-5,7,11,17,20-21,27H,6,8,10,12-16H2,1H3/t17-,21+/m1/s1. The summed E-state index contributed by atoms with van der Waals surface area (Å²) < 4.78 is 8.60. The Morgan fingerprint density at radius 1 is 1.21 bits per heavy atom. The Bertz CT molecular complexity index is 1210. The Morgan fingerprint density at radius 2 is 2.12 bits per heavy atom. The van der Waals surface area contributed by atoms with Gasteiger partial charge in [0.25, 0.3) is 0 Å². The van der Waals surface area contributed by atoms with Crippen molar-refractivity contribution in [3.63, 3.8) is 0 Å². The Kier molecular flexibility index (Phi) is 5.25. The molecule has 33 heavy (non-hydrogen) atoms. The smallest absolute Gasteiger partial charge is 0.101 e. The first kappa shape index (κ1) is 20.6. The number of nitrogens with one attached hydrogen (secondary N) is 1. The van der Waals surface area contributed by atoms with Crippen molar-refractivity contribution < 1.29 is 4.74 Å². The van der Waals surface area contributed by atoms with Crippen LogP contribution < -0.4 is 10.2 Å². The SMILES string of the molecule is C[C@@H]1CN(c2ccc(C#N)c3ncccc23)C[C@H](CN2CC(n3ncc4c3CCNC4)C2)O1. The molecule has 1 N–H and O–H groups in total. The van der Waals surface area contributed by atoms with E-state index in [0.29, 0.717) is 11.6 Å². The topological polar surface area (TPSA) is 82.2 Å².